The molecule has 3 heterocycles. The average Bonchev–Trinajstić information content (AvgIpc) is 3.32. The predicted octanol–water partition coefficient (Wildman–Crippen LogP) is 0.300. The molecule has 2 N–H and O–H groups in total. The molecule has 0 bridgehead atoms. The molecule has 0 spiro atoms. The first-order chi connectivity index (χ1) is 13.2. The molecule has 1 amide bonds. The van der Waals surface area contributed by atoms with Crippen LogP contribution in [0.5, 0.6) is 0 Å². The minimum absolute atomic E-state index is 0.242. The number of carbonyl (C=O) groups excluding carboxylic acids is 1. The zero-order valence-electron chi connectivity index (χ0n) is 15.6. The molecule has 7 heteroatoms. The van der Waals surface area contributed by atoms with E-state index in [-0.39, 0.29) is 5.91 Å². The number of carbonyl (C=O) groups is 1. The van der Waals surface area contributed by atoms with Gasteiger partial charge in [0.25, 0.3) is 5.91 Å². The molecule has 5 nitrogen and oxygen atoms in total. The van der Waals surface area contributed by atoms with Crippen LogP contribution in [0.2, 0.25) is 0 Å². The molecule has 1 aliphatic rings. The Morgan fingerprint density at radius 3 is 2.67 bits per heavy atom. The van der Waals surface area contributed by atoms with Gasteiger partial charge in [0.1, 0.15) is 37.7 Å². The van der Waals surface area contributed by atoms with Gasteiger partial charge in [-0.25, -0.2) is 4.98 Å². The maximum Gasteiger partial charge on any atom is 0.277 e. The summed E-state index contributed by atoms with van der Waals surface area (Å²) in [6.45, 7) is 6.63. The van der Waals surface area contributed by atoms with Gasteiger partial charge in [-0.15, -0.1) is 11.3 Å². The summed E-state index contributed by atoms with van der Waals surface area (Å²) in [4.78, 5) is 22.1. The summed E-state index contributed by atoms with van der Waals surface area (Å²) in [5.74, 6) is 0.242. The molecule has 0 saturated carbocycles. The number of nitrogens with one attached hydrogen (secondary N) is 2. The van der Waals surface area contributed by atoms with Crippen LogP contribution < -0.4 is 9.80 Å². The molecule has 0 unspecified atom stereocenters. The lowest BCUT2D eigenvalue weighted by Crippen LogP contribution is -3.28. The number of nitrogens with zero attached hydrogens (tertiary/aromatic N) is 2. The molecule has 142 valence electrons. The van der Waals surface area contributed by atoms with Gasteiger partial charge in [0.15, 0.2) is 6.54 Å². The zero-order valence-corrected chi connectivity index (χ0v) is 17.2. The van der Waals surface area contributed by atoms with E-state index >= 15 is 0 Å². The van der Waals surface area contributed by atoms with Crippen LogP contribution in [-0.4, -0.2) is 55.6 Å². The Balaban J connectivity index is 1.24. The number of thiophene rings is 1. The fourth-order valence-electron chi connectivity index (χ4n) is 3.61. The minimum Gasteiger partial charge on any atom is -0.337 e. The van der Waals surface area contributed by atoms with Crippen molar-refractivity contribution in [3.63, 3.8) is 0 Å². The Hall–Kier alpha value is -1.80. The third-order valence-corrected chi connectivity index (χ3v) is 7.00. The van der Waals surface area contributed by atoms with E-state index in [1.165, 1.54) is 20.2 Å². The normalized spacial score (nSPS) is 20.0. The van der Waals surface area contributed by atoms with Crippen LogP contribution in [0.1, 0.15) is 10.6 Å². The van der Waals surface area contributed by atoms with E-state index in [0.29, 0.717) is 13.1 Å². The van der Waals surface area contributed by atoms with Gasteiger partial charge in [-0.3, -0.25) is 4.79 Å². The number of thiazole rings is 1. The third-order valence-electron chi connectivity index (χ3n) is 5.23. The number of fused-ring (bicyclic) bond motifs is 1. The molecular formula is C20H26N4OS2+2. The second-order valence-corrected chi connectivity index (χ2v) is 9.21. The van der Waals surface area contributed by atoms with Crippen molar-refractivity contribution in [1.29, 1.82) is 0 Å². The van der Waals surface area contributed by atoms with Gasteiger partial charge in [0.05, 0.1) is 10.2 Å². The number of hydrogen-bond donors (Lipinski definition) is 2. The van der Waals surface area contributed by atoms with E-state index in [1.807, 2.05) is 29.4 Å². The van der Waals surface area contributed by atoms with Crippen molar-refractivity contribution in [3.8, 4) is 0 Å². The van der Waals surface area contributed by atoms with E-state index in [0.717, 1.165) is 38.2 Å². The number of para-hydroxylation sites is 1. The van der Waals surface area contributed by atoms with E-state index in [1.54, 1.807) is 16.2 Å². The molecule has 1 aliphatic heterocycles. The Morgan fingerprint density at radius 1 is 1.15 bits per heavy atom. The average molecular weight is 403 g/mol. The number of quaternary nitrogens is 2. The van der Waals surface area contributed by atoms with Crippen molar-refractivity contribution >= 4 is 38.8 Å². The largest absolute Gasteiger partial charge is 0.337 e. The molecule has 4 rings (SSSR count). The molecular weight excluding hydrogens is 376 g/mol. The van der Waals surface area contributed by atoms with Gasteiger partial charge in [0.2, 0.25) is 0 Å². The Bertz CT molecular complexity index is 851. The maximum atomic E-state index is 12.5. The molecule has 2 aromatic heterocycles. The van der Waals surface area contributed by atoms with Crippen LogP contribution in [0.4, 0.5) is 0 Å². The zero-order chi connectivity index (χ0) is 18.6. The Kier molecular flexibility index (Phi) is 5.83. The van der Waals surface area contributed by atoms with E-state index in [9.17, 15) is 4.79 Å². The van der Waals surface area contributed by atoms with Crippen LogP contribution in [0, 0.1) is 0 Å². The molecule has 0 aliphatic carbocycles. The highest BCUT2D eigenvalue weighted by molar-refractivity contribution is 7.18. The molecule has 0 radical (unpaired) electrons. The topological polar surface area (TPSA) is 42.1 Å². The SMILES string of the molecule is CN(Cc1ccsc1)C(=O)C[NH+]1CC[NH+](Cc2nc3ccccc3s2)CC1. The summed E-state index contributed by atoms with van der Waals surface area (Å²) in [6.07, 6.45) is 0. The minimum atomic E-state index is 0.242. The summed E-state index contributed by atoms with van der Waals surface area (Å²) in [5, 5.41) is 5.40. The second kappa shape index (κ2) is 8.48. The lowest BCUT2D eigenvalue weighted by atomic mass is 10.3. The first-order valence-corrected chi connectivity index (χ1v) is 11.2. The highest BCUT2D eigenvalue weighted by Crippen LogP contribution is 2.20. The fraction of sp³-hybridized carbons (Fsp3) is 0.400. The number of amides is 1. The summed E-state index contributed by atoms with van der Waals surface area (Å²) in [6, 6.07) is 10.4. The number of benzene rings is 1. The van der Waals surface area contributed by atoms with E-state index < -0.39 is 0 Å². The summed E-state index contributed by atoms with van der Waals surface area (Å²) < 4.78 is 1.27. The van der Waals surface area contributed by atoms with Gasteiger partial charge in [0, 0.05) is 13.6 Å². The smallest absolute Gasteiger partial charge is 0.277 e. The number of hydrogen-bond acceptors (Lipinski definition) is 4. The van der Waals surface area contributed by atoms with E-state index in [4.69, 9.17) is 4.98 Å². The predicted molar refractivity (Wildman–Crippen MR) is 110 cm³/mol. The highest BCUT2D eigenvalue weighted by atomic mass is 32.1. The molecule has 3 aromatic rings. The summed E-state index contributed by atoms with van der Waals surface area (Å²) >= 11 is 3.49. The van der Waals surface area contributed by atoms with Crippen LogP contribution in [-0.2, 0) is 17.9 Å². The standard InChI is InChI=1S/C20H24N4OS2/c1-22(12-16-6-11-26-15-16)20(25)14-24-9-7-23(8-10-24)13-19-21-17-4-2-3-5-18(17)27-19/h2-6,11,15H,7-10,12-14H2,1H3/p+2. The molecule has 1 fully saturated rings. The van der Waals surface area contributed by atoms with Crippen molar-refractivity contribution in [3.05, 3.63) is 51.7 Å². The summed E-state index contributed by atoms with van der Waals surface area (Å²) in [7, 11) is 1.91. The lowest BCUT2D eigenvalue weighted by molar-refractivity contribution is -1.02. The van der Waals surface area contributed by atoms with Crippen molar-refractivity contribution < 1.29 is 14.6 Å². The van der Waals surface area contributed by atoms with Crippen molar-refractivity contribution in [2.45, 2.75) is 13.1 Å². The third kappa shape index (κ3) is 4.73. The molecule has 0 atom stereocenters. The molecule has 1 saturated heterocycles. The summed E-state index contributed by atoms with van der Waals surface area (Å²) in [5.41, 5.74) is 2.33. The van der Waals surface area contributed by atoms with Crippen molar-refractivity contribution in [2.75, 3.05) is 39.8 Å². The van der Waals surface area contributed by atoms with Crippen LogP contribution >= 0.6 is 22.7 Å². The van der Waals surface area contributed by atoms with Crippen LogP contribution in [0.15, 0.2) is 41.1 Å². The van der Waals surface area contributed by atoms with Crippen LogP contribution in [0.3, 0.4) is 0 Å². The number of piperazine rings is 1. The van der Waals surface area contributed by atoms with E-state index in [2.05, 4.69) is 35.0 Å². The van der Waals surface area contributed by atoms with Crippen LogP contribution in [0.25, 0.3) is 10.2 Å². The maximum absolute atomic E-state index is 12.5. The monoisotopic (exact) mass is 402 g/mol. The van der Waals surface area contributed by atoms with Gasteiger partial charge < -0.3 is 14.7 Å². The highest BCUT2D eigenvalue weighted by Gasteiger charge is 2.26. The van der Waals surface area contributed by atoms with Gasteiger partial charge in [-0.05, 0) is 34.5 Å². The van der Waals surface area contributed by atoms with Crippen molar-refractivity contribution in [2.24, 2.45) is 0 Å². The first-order valence-electron chi connectivity index (χ1n) is 9.44. The second-order valence-electron chi connectivity index (χ2n) is 7.31. The lowest BCUT2D eigenvalue weighted by Gasteiger charge is -2.29. The van der Waals surface area contributed by atoms with Gasteiger partial charge in [-0.1, -0.05) is 12.1 Å². The first kappa shape index (κ1) is 18.6. The quantitative estimate of drug-likeness (QED) is 0.623. The van der Waals surface area contributed by atoms with Gasteiger partial charge >= 0.3 is 0 Å². The number of likely N-dealkylation sites (N-methyl/N-ethyl adjacent to an activating group) is 1. The molecule has 27 heavy (non-hydrogen) atoms. The Labute approximate surface area is 167 Å². The fourth-order valence-corrected chi connectivity index (χ4v) is 5.31. The van der Waals surface area contributed by atoms with Gasteiger partial charge in [-0.2, -0.15) is 11.3 Å². The molecule has 1 aromatic carbocycles. The van der Waals surface area contributed by atoms with Crippen molar-refractivity contribution in [1.82, 2.24) is 9.88 Å². The number of rotatable bonds is 6. The number of aromatic nitrogens is 1. The Morgan fingerprint density at radius 2 is 1.93 bits per heavy atom.